The molecule has 1 aromatic heterocycles. The zero-order chi connectivity index (χ0) is 9.97. The largest absolute Gasteiger partial charge is 0.294 e. The van der Waals surface area contributed by atoms with Crippen LogP contribution in [0, 0.1) is 5.92 Å². The lowest BCUT2D eigenvalue weighted by molar-refractivity contribution is -0.276. The van der Waals surface area contributed by atoms with Crippen LogP contribution in [-0.2, 0) is 16.2 Å². The van der Waals surface area contributed by atoms with E-state index in [0.29, 0.717) is 13.0 Å². The maximum atomic E-state index is 11.7. The molecule has 1 aromatic rings. The summed E-state index contributed by atoms with van der Waals surface area (Å²) in [6, 6.07) is 1.75. The van der Waals surface area contributed by atoms with Crippen LogP contribution in [0.3, 0.4) is 0 Å². The lowest BCUT2D eigenvalue weighted by Crippen LogP contribution is -2.15. The van der Waals surface area contributed by atoms with Gasteiger partial charge in [0.25, 0.3) is 0 Å². The van der Waals surface area contributed by atoms with Gasteiger partial charge in [-0.15, -0.1) is 0 Å². The Morgan fingerprint density at radius 3 is 3.21 bits per heavy atom. The smallest absolute Gasteiger partial charge is 0.169 e. The van der Waals surface area contributed by atoms with Gasteiger partial charge in [0.1, 0.15) is 0 Å². The van der Waals surface area contributed by atoms with Crippen molar-refractivity contribution in [3.05, 3.63) is 29.6 Å². The Kier molecular flexibility index (Phi) is 2.56. The van der Waals surface area contributed by atoms with E-state index < -0.39 is 0 Å². The molecular weight excluding hydrogens is 182 g/mol. The number of carbonyl (C=O) groups is 1. The minimum Gasteiger partial charge on any atom is -0.294 e. The van der Waals surface area contributed by atoms with Gasteiger partial charge < -0.3 is 0 Å². The Bertz CT molecular complexity index is 351. The van der Waals surface area contributed by atoms with E-state index in [-0.39, 0.29) is 11.7 Å². The monoisotopic (exact) mass is 193 g/mol. The molecule has 1 atom stereocenters. The Balaban J connectivity index is 2.13. The molecule has 2 rings (SSSR count). The van der Waals surface area contributed by atoms with Gasteiger partial charge in [0.2, 0.25) is 0 Å². The second kappa shape index (κ2) is 3.86. The van der Waals surface area contributed by atoms with Gasteiger partial charge in [0.15, 0.2) is 5.78 Å². The van der Waals surface area contributed by atoms with Crippen LogP contribution in [0.4, 0.5) is 0 Å². The molecule has 0 saturated carbocycles. The molecule has 0 radical (unpaired) electrons. The van der Waals surface area contributed by atoms with Crippen molar-refractivity contribution < 1.29 is 14.6 Å². The van der Waals surface area contributed by atoms with Crippen molar-refractivity contribution in [2.24, 2.45) is 5.92 Å². The molecule has 14 heavy (non-hydrogen) atoms. The van der Waals surface area contributed by atoms with E-state index in [1.54, 1.807) is 18.5 Å². The summed E-state index contributed by atoms with van der Waals surface area (Å²) in [5.41, 5.74) is 1.77. The van der Waals surface area contributed by atoms with Gasteiger partial charge in [0, 0.05) is 18.0 Å². The second-order valence-electron chi connectivity index (χ2n) is 3.25. The van der Waals surface area contributed by atoms with Crippen molar-refractivity contribution in [1.29, 1.82) is 0 Å². The van der Waals surface area contributed by atoms with E-state index in [9.17, 15) is 4.79 Å². The summed E-state index contributed by atoms with van der Waals surface area (Å²) in [7, 11) is 1.44. The Hall–Kier alpha value is -1.26. The minimum absolute atomic E-state index is 0.117. The lowest BCUT2D eigenvalue weighted by Gasteiger charge is -2.05. The van der Waals surface area contributed by atoms with Crippen molar-refractivity contribution in [1.82, 2.24) is 4.98 Å². The van der Waals surface area contributed by atoms with Crippen LogP contribution in [0.5, 0.6) is 0 Å². The van der Waals surface area contributed by atoms with Crippen LogP contribution in [0.1, 0.15) is 15.9 Å². The van der Waals surface area contributed by atoms with Crippen LogP contribution in [0.2, 0.25) is 0 Å². The van der Waals surface area contributed by atoms with Crippen molar-refractivity contribution in [3.63, 3.8) is 0 Å². The van der Waals surface area contributed by atoms with Crippen LogP contribution in [-0.4, -0.2) is 24.5 Å². The first-order valence-electron chi connectivity index (χ1n) is 4.45. The first-order chi connectivity index (χ1) is 6.83. The summed E-state index contributed by atoms with van der Waals surface area (Å²) in [5.74, 6) is 0.00796. The molecule has 0 N–H and O–H groups in total. The molecule has 1 unspecified atom stereocenters. The summed E-state index contributed by atoms with van der Waals surface area (Å²) in [6.45, 7) is 0.310. The molecule has 0 saturated heterocycles. The van der Waals surface area contributed by atoms with E-state index in [1.165, 1.54) is 7.11 Å². The number of Topliss-reactive ketones (excluding diaryl/α,β-unsaturated/α-hetero) is 1. The lowest BCUT2D eigenvalue weighted by atomic mass is 10.1. The van der Waals surface area contributed by atoms with Gasteiger partial charge in [0.05, 0.1) is 19.6 Å². The summed E-state index contributed by atoms with van der Waals surface area (Å²) in [6.07, 6.45) is 4.07. The Morgan fingerprint density at radius 2 is 2.50 bits per heavy atom. The molecule has 1 aliphatic rings. The number of ketones is 1. The molecule has 0 spiro atoms. The SMILES string of the molecule is COOCC1Cc2cnccc2C1=O. The second-order valence-corrected chi connectivity index (χ2v) is 3.25. The maximum Gasteiger partial charge on any atom is 0.169 e. The van der Waals surface area contributed by atoms with Gasteiger partial charge in [-0.1, -0.05) is 0 Å². The molecule has 0 aromatic carbocycles. The first kappa shape index (κ1) is 9.30. The van der Waals surface area contributed by atoms with E-state index in [2.05, 4.69) is 9.87 Å². The molecule has 1 heterocycles. The van der Waals surface area contributed by atoms with Crippen molar-refractivity contribution in [3.8, 4) is 0 Å². The van der Waals surface area contributed by atoms with E-state index in [4.69, 9.17) is 4.89 Å². The normalized spacial score (nSPS) is 19.8. The first-order valence-corrected chi connectivity index (χ1v) is 4.45. The van der Waals surface area contributed by atoms with Crippen LogP contribution >= 0.6 is 0 Å². The molecule has 0 bridgehead atoms. The van der Waals surface area contributed by atoms with Gasteiger partial charge in [-0.2, -0.15) is 0 Å². The highest BCUT2D eigenvalue weighted by atomic mass is 17.2. The Labute approximate surface area is 81.8 Å². The topological polar surface area (TPSA) is 48.4 Å². The number of pyridine rings is 1. The molecule has 74 valence electrons. The maximum absolute atomic E-state index is 11.7. The predicted octanol–water partition coefficient (Wildman–Crippen LogP) is 1.01. The molecule has 4 heteroatoms. The average Bonchev–Trinajstić information content (AvgIpc) is 2.54. The standard InChI is InChI=1S/C10H11NO3/c1-13-14-6-8-4-7-5-11-3-2-9(7)10(8)12/h2-3,5,8H,4,6H2,1H3. The summed E-state index contributed by atoms with van der Waals surface area (Å²) in [4.78, 5) is 25.0. The number of rotatable bonds is 3. The molecule has 1 aliphatic carbocycles. The average molecular weight is 193 g/mol. The highest BCUT2D eigenvalue weighted by Crippen LogP contribution is 2.25. The number of carbonyl (C=O) groups excluding carboxylic acids is 1. The summed E-state index contributed by atoms with van der Waals surface area (Å²) < 4.78 is 0. The summed E-state index contributed by atoms with van der Waals surface area (Å²) in [5, 5.41) is 0. The molecule has 0 amide bonds. The fourth-order valence-corrected chi connectivity index (χ4v) is 1.69. The van der Waals surface area contributed by atoms with Crippen molar-refractivity contribution in [2.75, 3.05) is 13.7 Å². The quantitative estimate of drug-likeness (QED) is 0.531. The Morgan fingerprint density at radius 1 is 1.64 bits per heavy atom. The zero-order valence-electron chi connectivity index (χ0n) is 7.90. The van der Waals surface area contributed by atoms with Gasteiger partial charge in [-0.25, -0.2) is 9.78 Å². The number of hydrogen-bond donors (Lipinski definition) is 0. The van der Waals surface area contributed by atoms with E-state index in [0.717, 1.165) is 11.1 Å². The molecular formula is C10H11NO3. The van der Waals surface area contributed by atoms with Gasteiger partial charge in [-0.3, -0.25) is 9.78 Å². The fourth-order valence-electron chi connectivity index (χ4n) is 1.69. The highest BCUT2D eigenvalue weighted by molar-refractivity contribution is 6.02. The minimum atomic E-state index is -0.117. The van der Waals surface area contributed by atoms with Crippen molar-refractivity contribution >= 4 is 5.78 Å². The third-order valence-electron chi connectivity index (χ3n) is 2.39. The van der Waals surface area contributed by atoms with Gasteiger partial charge in [-0.05, 0) is 18.1 Å². The number of fused-ring (bicyclic) bond motifs is 1. The highest BCUT2D eigenvalue weighted by Gasteiger charge is 2.30. The van der Waals surface area contributed by atoms with Crippen LogP contribution in [0.25, 0.3) is 0 Å². The molecule has 4 nitrogen and oxygen atoms in total. The molecule has 0 fully saturated rings. The third kappa shape index (κ3) is 1.54. The van der Waals surface area contributed by atoms with E-state index in [1.807, 2.05) is 0 Å². The zero-order valence-corrected chi connectivity index (χ0v) is 7.90. The fraction of sp³-hybridized carbons (Fsp3) is 0.400. The van der Waals surface area contributed by atoms with E-state index >= 15 is 0 Å². The number of nitrogens with zero attached hydrogens (tertiary/aromatic N) is 1. The third-order valence-corrected chi connectivity index (χ3v) is 2.39. The molecule has 0 aliphatic heterocycles. The number of aromatic nitrogens is 1. The van der Waals surface area contributed by atoms with Crippen LogP contribution in [0.15, 0.2) is 18.5 Å². The number of hydrogen-bond acceptors (Lipinski definition) is 4. The van der Waals surface area contributed by atoms with Gasteiger partial charge >= 0.3 is 0 Å². The van der Waals surface area contributed by atoms with Crippen molar-refractivity contribution in [2.45, 2.75) is 6.42 Å². The summed E-state index contributed by atoms with van der Waals surface area (Å²) >= 11 is 0. The predicted molar refractivity (Wildman–Crippen MR) is 48.7 cm³/mol. The van der Waals surface area contributed by atoms with Crippen LogP contribution < -0.4 is 0 Å².